The molecule has 64 valence electrons. The Morgan fingerprint density at radius 3 is 2.82 bits per heavy atom. The van der Waals surface area contributed by atoms with E-state index in [0.29, 0.717) is 5.54 Å². The van der Waals surface area contributed by atoms with Gasteiger partial charge in [-0.3, -0.25) is 0 Å². The summed E-state index contributed by atoms with van der Waals surface area (Å²) in [5.74, 6) is 0.880. The van der Waals surface area contributed by atoms with Crippen LogP contribution in [0.1, 0.15) is 26.2 Å². The Morgan fingerprint density at radius 2 is 2.27 bits per heavy atom. The molecule has 0 aromatic carbocycles. The van der Waals surface area contributed by atoms with Gasteiger partial charge in [-0.05, 0) is 51.7 Å². The maximum Gasteiger partial charge on any atom is 0.0194 e. The van der Waals surface area contributed by atoms with Gasteiger partial charge in [0.2, 0.25) is 0 Å². The van der Waals surface area contributed by atoms with Crippen molar-refractivity contribution in [1.82, 2.24) is 10.6 Å². The molecule has 0 spiro atoms. The fraction of sp³-hybridized carbons (Fsp3) is 1.00. The van der Waals surface area contributed by atoms with Gasteiger partial charge in [0.1, 0.15) is 0 Å². The third kappa shape index (κ3) is 1.30. The van der Waals surface area contributed by atoms with Crippen molar-refractivity contribution in [2.45, 2.75) is 31.7 Å². The van der Waals surface area contributed by atoms with E-state index in [2.05, 4.69) is 17.6 Å². The van der Waals surface area contributed by atoms with Crippen LogP contribution in [0.2, 0.25) is 0 Å². The van der Waals surface area contributed by atoms with Crippen LogP contribution in [0.15, 0.2) is 0 Å². The summed E-state index contributed by atoms with van der Waals surface area (Å²) in [6.07, 6.45) is 4.11. The van der Waals surface area contributed by atoms with Crippen LogP contribution in [-0.4, -0.2) is 25.2 Å². The molecule has 0 bridgehead atoms. The van der Waals surface area contributed by atoms with Crippen LogP contribution >= 0.6 is 0 Å². The van der Waals surface area contributed by atoms with E-state index in [1.54, 1.807) is 0 Å². The van der Waals surface area contributed by atoms with Gasteiger partial charge in [0.15, 0.2) is 0 Å². The highest BCUT2D eigenvalue weighted by Gasteiger charge is 2.37. The summed E-state index contributed by atoms with van der Waals surface area (Å²) in [6, 6.07) is 0. The summed E-state index contributed by atoms with van der Waals surface area (Å²) in [5, 5.41) is 7.07. The number of nitrogens with one attached hydrogen (secondary N) is 2. The quantitative estimate of drug-likeness (QED) is 0.582. The molecule has 2 aliphatic heterocycles. The van der Waals surface area contributed by atoms with Crippen LogP contribution < -0.4 is 10.6 Å². The van der Waals surface area contributed by atoms with Crippen molar-refractivity contribution >= 4 is 0 Å². The molecule has 2 fully saturated rings. The van der Waals surface area contributed by atoms with Crippen molar-refractivity contribution in [3.8, 4) is 0 Å². The second-order valence-electron chi connectivity index (χ2n) is 4.14. The Hall–Kier alpha value is -0.0800. The molecule has 0 aromatic rings. The largest absolute Gasteiger partial charge is 0.316 e. The van der Waals surface area contributed by atoms with E-state index >= 15 is 0 Å². The maximum absolute atomic E-state index is 3.63. The van der Waals surface area contributed by atoms with E-state index in [4.69, 9.17) is 0 Å². The van der Waals surface area contributed by atoms with Crippen LogP contribution in [-0.2, 0) is 0 Å². The Balaban J connectivity index is 2.00. The summed E-state index contributed by atoms with van der Waals surface area (Å²) < 4.78 is 0. The van der Waals surface area contributed by atoms with Gasteiger partial charge in [-0.25, -0.2) is 0 Å². The van der Waals surface area contributed by atoms with Crippen molar-refractivity contribution in [1.29, 1.82) is 0 Å². The monoisotopic (exact) mass is 154 g/mol. The number of hydrogen-bond acceptors (Lipinski definition) is 2. The Kier molecular flexibility index (Phi) is 1.90. The fourth-order valence-corrected chi connectivity index (χ4v) is 2.46. The minimum absolute atomic E-state index is 0.462. The summed E-state index contributed by atoms with van der Waals surface area (Å²) in [5.41, 5.74) is 0.462. The molecule has 2 atom stereocenters. The minimum Gasteiger partial charge on any atom is -0.316 e. The molecule has 2 unspecified atom stereocenters. The first-order valence-corrected chi connectivity index (χ1v) is 4.77. The van der Waals surface area contributed by atoms with Gasteiger partial charge < -0.3 is 10.6 Å². The molecule has 11 heavy (non-hydrogen) atoms. The van der Waals surface area contributed by atoms with E-state index in [0.717, 1.165) is 5.92 Å². The minimum atomic E-state index is 0.462. The van der Waals surface area contributed by atoms with Crippen LogP contribution in [0.25, 0.3) is 0 Å². The second kappa shape index (κ2) is 2.76. The second-order valence-corrected chi connectivity index (χ2v) is 4.14. The average molecular weight is 154 g/mol. The highest BCUT2D eigenvalue weighted by atomic mass is 15.0. The fourth-order valence-electron chi connectivity index (χ4n) is 2.46. The van der Waals surface area contributed by atoms with Crippen LogP contribution in [0.5, 0.6) is 0 Å². The zero-order valence-electron chi connectivity index (χ0n) is 7.32. The predicted octanol–water partition coefficient (Wildman–Crippen LogP) is 0.738. The zero-order valence-corrected chi connectivity index (χ0v) is 7.32. The van der Waals surface area contributed by atoms with E-state index in [9.17, 15) is 0 Å². The molecule has 0 aromatic heterocycles. The van der Waals surface area contributed by atoms with Crippen LogP contribution in [0.3, 0.4) is 0 Å². The van der Waals surface area contributed by atoms with Crippen LogP contribution in [0, 0.1) is 5.92 Å². The Morgan fingerprint density at radius 1 is 1.36 bits per heavy atom. The van der Waals surface area contributed by atoms with Gasteiger partial charge in [0.25, 0.3) is 0 Å². The zero-order chi connectivity index (χ0) is 7.73. The number of rotatable bonds is 1. The lowest BCUT2D eigenvalue weighted by atomic mass is 9.84. The molecule has 2 aliphatic rings. The molecule has 2 heterocycles. The van der Waals surface area contributed by atoms with Gasteiger partial charge in [-0.15, -0.1) is 0 Å². The lowest BCUT2D eigenvalue weighted by Gasteiger charge is -2.30. The van der Waals surface area contributed by atoms with E-state index in [1.807, 2.05) is 0 Å². The summed E-state index contributed by atoms with van der Waals surface area (Å²) >= 11 is 0. The predicted molar refractivity (Wildman–Crippen MR) is 46.6 cm³/mol. The highest BCUT2D eigenvalue weighted by Crippen LogP contribution is 2.30. The van der Waals surface area contributed by atoms with Gasteiger partial charge >= 0.3 is 0 Å². The van der Waals surface area contributed by atoms with Gasteiger partial charge in [-0.1, -0.05) is 0 Å². The molecule has 0 saturated carbocycles. The first-order chi connectivity index (χ1) is 5.31. The smallest absolute Gasteiger partial charge is 0.0194 e. The van der Waals surface area contributed by atoms with Crippen molar-refractivity contribution in [3.63, 3.8) is 0 Å². The number of hydrogen-bond donors (Lipinski definition) is 2. The Labute approximate surface area is 68.7 Å². The molecule has 2 N–H and O–H groups in total. The van der Waals surface area contributed by atoms with Crippen molar-refractivity contribution in [2.24, 2.45) is 5.92 Å². The van der Waals surface area contributed by atoms with Gasteiger partial charge in [0.05, 0.1) is 0 Å². The third-order valence-electron chi connectivity index (χ3n) is 3.36. The van der Waals surface area contributed by atoms with Gasteiger partial charge in [-0.2, -0.15) is 0 Å². The molecule has 0 radical (unpaired) electrons. The molecule has 0 amide bonds. The SMILES string of the molecule is CC1(C2CCNC2)CCCN1. The normalized spacial score (nSPS) is 45.0. The average Bonchev–Trinajstić information content (AvgIpc) is 2.55. The molecular formula is C9H18N2. The van der Waals surface area contributed by atoms with Crippen molar-refractivity contribution in [2.75, 3.05) is 19.6 Å². The molecular weight excluding hydrogens is 136 g/mol. The van der Waals surface area contributed by atoms with E-state index in [-0.39, 0.29) is 0 Å². The summed E-state index contributed by atoms with van der Waals surface area (Å²) in [6.45, 7) is 6.07. The van der Waals surface area contributed by atoms with Gasteiger partial charge in [0, 0.05) is 5.54 Å². The summed E-state index contributed by atoms with van der Waals surface area (Å²) in [4.78, 5) is 0. The lowest BCUT2D eigenvalue weighted by molar-refractivity contribution is 0.280. The summed E-state index contributed by atoms with van der Waals surface area (Å²) in [7, 11) is 0. The first kappa shape index (κ1) is 7.56. The lowest BCUT2D eigenvalue weighted by Crippen LogP contribution is -2.44. The molecule has 2 nitrogen and oxygen atoms in total. The van der Waals surface area contributed by atoms with Crippen molar-refractivity contribution in [3.05, 3.63) is 0 Å². The molecule has 2 rings (SSSR count). The van der Waals surface area contributed by atoms with Crippen molar-refractivity contribution < 1.29 is 0 Å². The van der Waals surface area contributed by atoms with Crippen LogP contribution in [0.4, 0.5) is 0 Å². The third-order valence-corrected chi connectivity index (χ3v) is 3.36. The molecule has 2 heteroatoms. The molecule has 2 saturated heterocycles. The first-order valence-electron chi connectivity index (χ1n) is 4.77. The highest BCUT2D eigenvalue weighted by molar-refractivity contribution is 4.97. The van der Waals surface area contributed by atoms with E-state index in [1.165, 1.54) is 38.9 Å². The standard InChI is InChI=1S/C9H18N2/c1-9(4-2-5-11-9)8-3-6-10-7-8/h8,10-11H,2-7H2,1H3. The Bertz CT molecular complexity index is 132. The topological polar surface area (TPSA) is 24.1 Å². The van der Waals surface area contributed by atoms with E-state index < -0.39 is 0 Å². The maximum atomic E-state index is 3.63. The molecule has 0 aliphatic carbocycles.